The molecule has 10 rings (SSSR count). The lowest BCUT2D eigenvalue weighted by atomic mass is 9.76. The Balaban J connectivity index is 1.23. The predicted octanol–water partition coefficient (Wildman–Crippen LogP) is 12.4. The van der Waals surface area contributed by atoms with Crippen molar-refractivity contribution in [1.29, 1.82) is 0 Å². The van der Waals surface area contributed by atoms with Crippen molar-refractivity contribution < 1.29 is 9.31 Å². The fraction of sp³-hybridized carbons (Fsp3) is 0.136. The lowest BCUT2D eigenvalue weighted by Crippen LogP contribution is -2.41. The summed E-state index contributed by atoms with van der Waals surface area (Å²) in [5, 5.41) is 10.4. The highest BCUT2D eigenvalue weighted by atomic mass is 32.1. The van der Waals surface area contributed by atoms with Crippen LogP contribution in [0.25, 0.3) is 84.1 Å². The molecule has 1 aliphatic heterocycles. The van der Waals surface area contributed by atoms with E-state index in [9.17, 15) is 0 Å². The van der Waals surface area contributed by atoms with Crippen LogP contribution in [0.4, 0.5) is 0 Å². The molecule has 0 amide bonds. The minimum absolute atomic E-state index is 0.438. The highest BCUT2D eigenvalue weighted by molar-refractivity contribution is 7.27. The summed E-state index contributed by atoms with van der Waals surface area (Å²) >= 11 is 3.80. The summed E-state index contributed by atoms with van der Waals surface area (Å²) in [5.74, 6) is 0. The van der Waals surface area contributed by atoms with Crippen LogP contribution in [-0.4, -0.2) is 18.3 Å². The largest absolute Gasteiger partial charge is 0.494 e. The first-order valence-electron chi connectivity index (χ1n) is 16.9. The molecule has 1 aliphatic rings. The summed E-state index contributed by atoms with van der Waals surface area (Å²) in [5.41, 5.74) is 4.98. The van der Waals surface area contributed by atoms with Crippen LogP contribution >= 0.6 is 22.7 Å². The van der Waals surface area contributed by atoms with Crippen molar-refractivity contribution in [1.82, 2.24) is 0 Å². The quantitative estimate of drug-likeness (QED) is 0.175. The maximum Gasteiger partial charge on any atom is 0.494 e. The van der Waals surface area contributed by atoms with Gasteiger partial charge in [-0.1, -0.05) is 121 Å². The van der Waals surface area contributed by atoms with Gasteiger partial charge >= 0.3 is 7.12 Å². The lowest BCUT2D eigenvalue weighted by Gasteiger charge is -2.32. The third kappa shape index (κ3) is 4.40. The Morgan fingerprint density at radius 2 is 0.857 bits per heavy atom. The van der Waals surface area contributed by atoms with E-state index in [0.717, 1.165) is 5.46 Å². The smallest absolute Gasteiger partial charge is 0.399 e. The molecule has 1 fully saturated rings. The Morgan fingerprint density at radius 1 is 0.429 bits per heavy atom. The maximum absolute atomic E-state index is 6.68. The minimum atomic E-state index is -0.472. The van der Waals surface area contributed by atoms with E-state index in [-0.39, 0.29) is 0 Å². The molecule has 0 unspecified atom stereocenters. The molecule has 2 nitrogen and oxygen atoms in total. The number of hydrogen-bond donors (Lipinski definition) is 0. The molecular formula is C44H33BO2S2. The second-order valence-corrected chi connectivity index (χ2v) is 16.4. The molecule has 0 atom stereocenters. The van der Waals surface area contributed by atoms with Crippen LogP contribution in [0.15, 0.2) is 127 Å². The number of fused-ring (bicyclic) bond motifs is 10. The first kappa shape index (κ1) is 29.4. The van der Waals surface area contributed by atoms with Crippen LogP contribution in [0.1, 0.15) is 27.7 Å². The molecular weight excluding hydrogens is 635 g/mol. The van der Waals surface area contributed by atoms with Gasteiger partial charge < -0.3 is 9.31 Å². The van der Waals surface area contributed by atoms with Gasteiger partial charge in [0.05, 0.1) is 11.2 Å². The summed E-state index contributed by atoms with van der Waals surface area (Å²) < 4.78 is 18.6. The molecule has 5 heteroatoms. The van der Waals surface area contributed by atoms with Crippen LogP contribution in [0, 0.1) is 0 Å². The zero-order valence-corrected chi connectivity index (χ0v) is 29.5. The van der Waals surface area contributed by atoms with Gasteiger partial charge in [0, 0.05) is 40.3 Å². The van der Waals surface area contributed by atoms with Gasteiger partial charge in [0.25, 0.3) is 0 Å². The van der Waals surface area contributed by atoms with Crippen LogP contribution in [0.5, 0.6) is 0 Å². The maximum atomic E-state index is 6.68. The molecule has 0 aliphatic carbocycles. The Kier molecular flexibility index (Phi) is 6.30. The highest BCUT2D eigenvalue weighted by Crippen LogP contribution is 2.46. The molecule has 1 saturated heterocycles. The van der Waals surface area contributed by atoms with Crippen molar-refractivity contribution in [2.75, 3.05) is 0 Å². The summed E-state index contributed by atoms with van der Waals surface area (Å²) in [6.45, 7) is 8.51. The number of rotatable bonds is 3. The van der Waals surface area contributed by atoms with E-state index in [0.29, 0.717) is 0 Å². The summed E-state index contributed by atoms with van der Waals surface area (Å²) in [7, 11) is -0.472. The number of hydrogen-bond acceptors (Lipinski definition) is 4. The first-order chi connectivity index (χ1) is 23.8. The molecule has 0 saturated carbocycles. The van der Waals surface area contributed by atoms with Gasteiger partial charge in [-0.3, -0.25) is 0 Å². The van der Waals surface area contributed by atoms with Crippen LogP contribution in [0.2, 0.25) is 0 Å². The monoisotopic (exact) mass is 668 g/mol. The van der Waals surface area contributed by atoms with Gasteiger partial charge in [0.2, 0.25) is 0 Å². The number of thiophene rings is 2. The Bertz CT molecular complexity index is 2620. The molecule has 2 aromatic heterocycles. The topological polar surface area (TPSA) is 18.5 Å². The number of benzene rings is 7. The normalized spacial score (nSPS) is 15.9. The summed E-state index contributed by atoms with van der Waals surface area (Å²) in [6, 6.07) is 47.0. The second kappa shape index (κ2) is 10.5. The van der Waals surface area contributed by atoms with E-state index in [1.807, 2.05) is 22.7 Å². The standard InChI is InChI=1S/C44H33BO2S2/c1-43(2)44(3,4)47-45(46-43)30-24-28(33-15-9-17-35-37-21-19-26-11-5-7-13-31(26)39(37)48-41(33)35)23-29(25-30)34-16-10-18-36-38-22-20-27-12-6-8-14-32(27)40(38)49-42(34)36/h5-25H,1-4H3. The van der Waals surface area contributed by atoms with Gasteiger partial charge in [-0.15, -0.1) is 22.7 Å². The zero-order valence-electron chi connectivity index (χ0n) is 27.8. The molecule has 9 aromatic rings. The van der Waals surface area contributed by atoms with Crippen molar-refractivity contribution in [3.63, 3.8) is 0 Å². The van der Waals surface area contributed by atoms with Crippen molar-refractivity contribution in [2.45, 2.75) is 38.9 Å². The molecule has 7 aromatic carbocycles. The van der Waals surface area contributed by atoms with Gasteiger partial charge in [0.15, 0.2) is 0 Å². The molecule has 0 bridgehead atoms. The van der Waals surface area contributed by atoms with Crippen LogP contribution in [-0.2, 0) is 9.31 Å². The predicted molar refractivity (Wildman–Crippen MR) is 214 cm³/mol. The molecule has 49 heavy (non-hydrogen) atoms. The fourth-order valence-corrected chi connectivity index (χ4v) is 10.3. The van der Waals surface area contributed by atoms with E-state index in [1.165, 1.54) is 84.1 Å². The average Bonchev–Trinajstić information content (AvgIpc) is 3.76. The Labute approximate surface area is 293 Å². The van der Waals surface area contributed by atoms with Crippen molar-refractivity contribution in [3.05, 3.63) is 127 Å². The SMILES string of the molecule is CC1(C)OB(c2cc(-c3cccc4c3sc3c5ccccc5ccc43)cc(-c3cccc4c3sc3c5ccccc5ccc43)c2)OC1(C)C. The minimum Gasteiger partial charge on any atom is -0.399 e. The van der Waals surface area contributed by atoms with E-state index in [2.05, 4.69) is 155 Å². The Morgan fingerprint density at radius 3 is 1.35 bits per heavy atom. The van der Waals surface area contributed by atoms with E-state index >= 15 is 0 Å². The fourth-order valence-electron chi connectivity index (χ4n) is 7.58. The molecule has 0 N–H and O–H groups in total. The third-order valence-corrected chi connectivity index (χ3v) is 13.5. The molecule has 3 heterocycles. The van der Waals surface area contributed by atoms with Gasteiger partial charge in [0.1, 0.15) is 0 Å². The summed E-state index contributed by atoms with van der Waals surface area (Å²) in [4.78, 5) is 0. The first-order valence-corrected chi connectivity index (χ1v) is 18.6. The highest BCUT2D eigenvalue weighted by Gasteiger charge is 2.51. The van der Waals surface area contributed by atoms with Crippen LogP contribution in [0.3, 0.4) is 0 Å². The second-order valence-electron chi connectivity index (χ2n) is 14.3. The average molecular weight is 669 g/mol. The van der Waals surface area contributed by atoms with E-state index < -0.39 is 18.3 Å². The van der Waals surface area contributed by atoms with Crippen LogP contribution < -0.4 is 5.46 Å². The van der Waals surface area contributed by atoms with E-state index in [1.54, 1.807) is 0 Å². The summed E-state index contributed by atoms with van der Waals surface area (Å²) in [6.07, 6.45) is 0. The zero-order chi connectivity index (χ0) is 33.1. The third-order valence-electron chi connectivity index (χ3n) is 10.9. The van der Waals surface area contributed by atoms with Crippen molar-refractivity contribution >= 4 is 97.1 Å². The van der Waals surface area contributed by atoms with Gasteiger partial charge in [-0.25, -0.2) is 0 Å². The molecule has 236 valence electrons. The van der Waals surface area contributed by atoms with Crippen molar-refractivity contribution in [3.8, 4) is 22.3 Å². The molecule has 0 radical (unpaired) electrons. The van der Waals surface area contributed by atoms with Gasteiger partial charge in [-0.2, -0.15) is 0 Å². The van der Waals surface area contributed by atoms with Crippen molar-refractivity contribution in [2.24, 2.45) is 0 Å². The van der Waals surface area contributed by atoms with E-state index in [4.69, 9.17) is 9.31 Å². The van der Waals surface area contributed by atoms with Gasteiger partial charge in [-0.05, 0) is 83.0 Å². The lowest BCUT2D eigenvalue weighted by molar-refractivity contribution is 0.00578. The molecule has 0 spiro atoms. The Hall–Kier alpha value is -4.52.